The molecule has 0 saturated carbocycles. The molecule has 0 fully saturated rings. The number of aromatic nitrogens is 2. The highest BCUT2D eigenvalue weighted by Gasteiger charge is 2.45. The molecule has 34 heavy (non-hydrogen) atoms. The first-order valence-electron chi connectivity index (χ1n) is 11.2. The third kappa shape index (κ3) is 4.02. The molecule has 0 atom stereocenters. The zero-order chi connectivity index (χ0) is 23.4. The standard InChI is InChI=1S/C29H26N2O2P/c1-32-28-29(33-2)31-27-20-22(18-19-26(27)30-28)21-34(23-12-6-3-7-13-23,24-14-8-4-9-15-24)25-16-10-5-11-17-25/h3-20H,21H2,1-2H3/q+1. The van der Waals surface area contributed by atoms with E-state index in [9.17, 15) is 0 Å². The molecule has 4 aromatic carbocycles. The monoisotopic (exact) mass is 465 g/mol. The molecule has 0 aliphatic carbocycles. The van der Waals surface area contributed by atoms with Crippen LogP contribution in [-0.2, 0) is 6.16 Å². The second-order valence-electron chi connectivity index (χ2n) is 8.04. The Balaban J connectivity index is 1.72. The van der Waals surface area contributed by atoms with Gasteiger partial charge in [0.2, 0.25) is 0 Å². The quantitative estimate of drug-likeness (QED) is 0.312. The number of hydrogen-bond donors (Lipinski definition) is 0. The zero-order valence-electron chi connectivity index (χ0n) is 19.3. The molecular weight excluding hydrogens is 439 g/mol. The van der Waals surface area contributed by atoms with Crippen LogP contribution in [0.1, 0.15) is 5.56 Å². The lowest BCUT2D eigenvalue weighted by Gasteiger charge is -2.28. The van der Waals surface area contributed by atoms with Gasteiger partial charge in [0.1, 0.15) is 23.2 Å². The summed E-state index contributed by atoms with van der Waals surface area (Å²) in [4.78, 5) is 9.25. The minimum absolute atomic E-state index is 0.391. The molecule has 0 aliphatic heterocycles. The SMILES string of the molecule is COc1nc2ccc(C[P+](c3ccccc3)(c3ccccc3)c3ccccc3)cc2nc1OC. The predicted molar refractivity (Wildman–Crippen MR) is 141 cm³/mol. The Kier molecular flexibility index (Phi) is 6.24. The van der Waals surface area contributed by atoms with E-state index >= 15 is 0 Å². The first-order chi connectivity index (χ1) is 16.7. The lowest BCUT2D eigenvalue weighted by molar-refractivity contribution is 0.334. The minimum Gasteiger partial charge on any atom is -0.477 e. The fraction of sp³-hybridized carbons (Fsp3) is 0.103. The van der Waals surface area contributed by atoms with Gasteiger partial charge in [0.05, 0.1) is 31.4 Å². The minimum atomic E-state index is -1.99. The second-order valence-corrected chi connectivity index (χ2v) is 11.5. The number of hydrogen-bond acceptors (Lipinski definition) is 4. The van der Waals surface area contributed by atoms with Gasteiger partial charge >= 0.3 is 0 Å². The Bertz CT molecular complexity index is 1300. The Hall–Kier alpha value is -3.75. The third-order valence-corrected chi connectivity index (χ3v) is 10.4. The first-order valence-corrected chi connectivity index (χ1v) is 13.2. The molecule has 1 heterocycles. The number of ether oxygens (including phenoxy) is 2. The number of methoxy groups -OCH3 is 2. The molecule has 0 spiro atoms. The summed E-state index contributed by atoms with van der Waals surface area (Å²) in [6, 6.07) is 39.0. The number of benzene rings is 4. The van der Waals surface area contributed by atoms with Crippen molar-refractivity contribution >= 4 is 34.2 Å². The van der Waals surface area contributed by atoms with Gasteiger partial charge in [-0.2, -0.15) is 0 Å². The summed E-state index contributed by atoms with van der Waals surface area (Å²) in [5.41, 5.74) is 2.78. The van der Waals surface area contributed by atoms with E-state index in [-0.39, 0.29) is 0 Å². The maximum absolute atomic E-state index is 5.40. The summed E-state index contributed by atoms with van der Waals surface area (Å²) in [6.45, 7) is 0. The molecule has 0 amide bonds. The van der Waals surface area contributed by atoms with Gasteiger partial charge in [-0.1, -0.05) is 60.7 Å². The van der Waals surface area contributed by atoms with Crippen LogP contribution in [0.15, 0.2) is 109 Å². The molecular formula is C29H26N2O2P+. The normalized spacial score (nSPS) is 11.4. The van der Waals surface area contributed by atoms with E-state index in [1.807, 2.05) is 6.07 Å². The molecule has 1 aromatic heterocycles. The maximum atomic E-state index is 5.40. The predicted octanol–water partition coefficient (Wildman–Crippen LogP) is 5.14. The van der Waals surface area contributed by atoms with Crippen LogP contribution < -0.4 is 25.4 Å². The van der Waals surface area contributed by atoms with Crippen molar-refractivity contribution in [2.75, 3.05) is 14.2 Å². The summed E-state index contributed by atoms with van der Waals surface area (Å²) < 4.78 is 10.7. The molecule has 5 rings (SSSR count). The van der Waals surface area contributed by atoms with Crippen molar-refractivity contribution in [3.63, 3.8) is 0 Å². The van der Waals surface area contributed by atoms with Crippen LogP contribution in [0.4, 0.5) is 0 Å². The fourth-order valence-corrected chi connectivity index (χ4v) is 8.70. The van der Waals surface area contributed by atoms with Crippen molar-refractivity contribution in [2.45, 2.75) is 6.16 Å². The van der Waals surface area contributed by atoms with Crippen LogP contribution in [-0.4, -0.2) is 24.2 Å². The second kappa shape index (κ2) is 9.62. The van der Waals surface area contributed by atoms with Crippen molar-refractivity contribution in [1.29, 1.82) is 0 Å². The molecule has 168 valence electrons. The molecule has 0 N–H and O–H groups in total. The van der Waals surface area contributed by atoms with Gasteiger partial charge in [-0.15, -0.1) is 0 Å². The molecule has 0 unspecified atom stereocenters. The number of nitrogens with zero attached hydrogens (tertiary/aromatic N) is 2. The molecule has 5 aromatic rings. The van der Waals surface area contributed by atoms with Crippen molar-refractivity contribution in [1.82, 2.24) is 9.97 Å². The van der Waals surface area contributed by atoms with Gasteiger partial charge in [-0.05, 0) is 54.1 Å². The van der Waals surface area contributed by atoms with Crippen LogP contribution >= 0.6 is 7.26 Å². The van der Waals surface area contributed by atoms with E-state index in [0.29, 0.717) is 11.8 Å². The topological polar surface area (TPSA) is 44.2 Å². The van der Waals surface area contributed by atoms with Crippen LogP contribution in [0.2, 0.25) is 0 Å². The Morgan fingerprint density at radius 2 is 1.00 bits per heavy atom. The Labute approximate surface area is 200 Å². The van der Waals surface area contributed by atoms with Crippen molar-refractivity contribution in [2.24, 2.45) is 0 Å². The van der Waals surface area contributed by atoms with Crippen LogP contribution in [0, 0.1) is 0 Å². The average Bonchev–Trinajstić information content (AvgIpc) is 2.92. The smallest absolute Gasteiger partial charge is 0.278 e. The molecule has 0 bridgehead atoms. The summed E-state index contributed by atoms with van der Waals surface area (Å²) in [7, 11) is 1.17. The van der Waals surface area contributed by atoms with E-state index in [1.165, 1.54) is 21.5 Å². The first kappa shape index (κ1) is 22.1. The third-order valence-electron chi connectivity index (χ3n) is 6.06. The van der Waals surface area contributed by atoms with Gasteiger partial charge in [0, 0.05) is 0 Å². The fourth-order valence-electron chi connectivity index (χ4n) is 4.47. The summed E-state index contributed by atoms with van der Waals surface area (Å²) >= 11 is 0. The van der Waals surface area contributed by atoms with Crippen molar-refractivity contribution in [3.8, 4) is 11.8 Å². The van der Waals surface area contributed by atoms with Crippen LogP contribution in [0.25, 0.3) is 11.0 Å². The molecule has 5 heteroatoms. The molecule has 0 saturated heterocycles. The highest BCUT2D eigenvalue weighted by Crippen LogP contribution is 2.58. The van der Waals surface area contributed by atoms with E-state index in [4.69, 9.17) is 9.47 Å². The highest BCUT2D eigenvalue weighted by molar-refractivity contribution is 7.95. The van der Waals surface area contributed by atoms with Gasteiger partial charge in [-0.25, -0.2) is 9.97 Å². The molecule has 4 nitrogen and oxygen atoms in total. The Morgan fingerprint density at radius 1 is 0.559 bits per heavy atom. The van der Waals surface area contributed by atoms with Crippen molar-refractivity contribution in [3.05, 3.63) is 115 Å². The van der Waals surface area contributed by atoms with Gasteiger partial charge in [0.25, 0.3) is 11.8 Å². The van der Waals surface area contributed by atoms with E-state index < -0.39 is 7.26 Å². The van der Waals surface area contributed by atoms with Crippen LogP contribution in [0.5, 0.6) is 11.8 Å². The summed E-state index contributed by atoms with van der Waals surface area (Å²) in [5, 5.41) is 4.06. The van der Waals surface area contributed by atoms with Gasteiger partial charge in [-0.3, -0.25) is 0 Å². The molecule has 0 radical (unpaired) electrons. The van der Waals surface area contributed by atoms with Gasteiger partial charge in [0.15, 0.2) is 0 Å². The molecule has 0 aliphatic rings. The van der Waals surface area contributed by atoms with Crippen molar-refractivity contribution < 1.29 is 9.47 Å². The number of fused-ring (bicyclic) bond motifs is 1. The highest BCUT2D eigenvalue weighted by atomic mass is 31.2. The largest absolute Gasteiger partial charge is 0.477 e. The lowest BCUT2D eigenvalue weighted by atomic mass is 10.2. The number of rotatable bonds is 7. The van der Waals surface area contributed by atoms with E-state index in [1.54, 1.807) is 14.2 Å². The van der Waals surface area contributed by atoms with Gasteiger partial charge < -0.3 is 9.47 Å². The average molecular weight is 466 g/mol. The Morgan fingerprint density at radius 3 is 1.44 bits per heavy atom. The summed E-state index contributed by atoms with van der Waals surface area (Å²) in [6.07, 6.45) is 0.872. The van der Waals surface area contributed by atoms with E-state index in [0.717, 1.165) is 17.2 Å². The summed E-state index contributed by atoms with van der Waals surface area (Å²) in [5.74, 6) is 0.782. The lowest BCUT2D eigenvalue weighted by Crippen LogP contribution is -2.32. The van der Waals surface area contributed by atoms with Crippen LogP contribution in [0.3, 0.4) is 0 Å². The van der Waals surface area contributed by atoms with E-state index in [2.05, 4.69) is 113 Å². The maximum Gasteiger partial charge on any atom is 0.278 e. The zero-order valence-corrected chi connectivity index (χ0v) is 20.2.